The van der Waals surface area contributed by atoms with Crippen molar-refractivity contribution >= 4 is 11.9 Å². The molecule has 2 unspecified atom stereocenters. The number of para-hydroxylation sites is 1. The van der Waals surface area contributed by atoms with Gasteiger partial charge >= 0.3 is 5.97 Å². The quantitative estimate of drug-likeness (QED) is 0.838. The van der Waals surface area contributed by atoms with Crippen LogP contribution in [0, 0.1) is 11.7 Å². The molecule has 0 radical (unpaired) electrons. The van der Waals surface area contributed by atoms with E-state index in [0.29, 0.717) is 0 Å². The summed E-state index contributed by atoms with van der Waals surface area (Å²) in [6, 6.07) is 3.45. The molecule has 20 heavy (non-hydrogen) atoms. The largest absolute Gasteiger partial charge is 0.490 e. The lowest BCUT2D eigenvalue weighted by molar-refractivity contribution is -0.141. The summed E-state index contributed by atoms with van der Waals surface area (Å²) in [6.45, 7) is 4.98. The number of carboxylic acid groups (broad SMARTS) is 1. The molecule has 0 aromatic heterocycles. The summed E-state index contributed by atoms with van der Waals surface area (Å²) in [5, 5.41) is 11.4. The van der Waals surface area contributed by atoms with Crippen LogP contribution in [-0.4, -0.2) is 29.6 Å². The van der Waals surface area contributed by atoms with Crippen LogP contribution >= 0.6 is 0 Å². The third-order valence-electron chi connectivity index (χ3n) is 3.00. The van der Waals surface area contributed by atoms with E-state index in [4.69, 9.17) is 9.84 Å². The van der Waals surface area contributed by atoms with E-state index in [2.05, 4.69) is 5.32 Å². The Morgan fingerprint density at radius 2 is 2.05 bits per heavy atom. The van der Waals surface area contributed by atoms with Crippen molar-refractivity contribution in [1.29, 1.82) is 0 Å². The van der Waals surface area contributed by atoms with Crippen LogP contribution in [0.3, 0.4) is 0 Å². The smallest absolute Gasteiger partial charge is 0.308 e. The molecule has 0 aliphatic carbocycles. The van der Waals surface area contributed by atoms with Crippen molar-refractivity contribution in [1.82, 2.24) is 5.32 Å². The van der Waals surface area contributed by atoms with Gasteiger partial charge < -0.3 is 15.2 Å². The number of hydrogen-bond donors (Lipinski definition) is 2. The first-order valence-electron chi connectivity index (χ1n) is 6.33. The molecule has 5 nitrogen and oxygen atoms in total. The number of benzene rings is 1. The Kier molecular flexibility index (Phi) is 5.49. The lowest BCUT2D eigenvalue weighted by atomic mass is 10.0. The van der Waals surface area contributed by atoms with Gasteiger partial charge in [-0.2, -0.15) is 0 Å². The molecule has 0 saturated carbocycles. The summed E-state index contributed by atoms with van der Waals surface area (Å²) < 4.78 is 18.7. The Balaban J connectivity index is 2.93. The number of carboxylic acids is 1. The fourth-order valence-corrected chi connectivity index (χ4v) is 1.60. The first kappa shape index (κ1) is 15.9. The standard InChI is InChI=1S/C14H18FNO4/c1-4-20-12-10(6-5-7-11(12)15)13(17)16-9(3)8(2)14(18)19/h5-9H,4H2,1-3H3,(H,16,17)(H,18,19). The predicted octanol–water partition coefficient (Wildman–Crippen LogP) is 2.06. The van der Waals surface area contributed by atoms with Crippen molar-refractivity contribution in [3.8, 4) is 5.75 Å². The van der Waals surface area contributed by atoms with Crippen molar-refractivity contribution in [2.75, 3.05) is 6.61 Å². The first-order chi connectivity index (χ1) is 9.38. The van der Waals surface area contributed by atoms with Gasteiger partial charge in [0.15, 0.2) is 11.6 Å². The molecule has 1 aromatic rings. The molecule has 1 amide bonds. The highest BCUT2D eigenvalue weighted by Gasteiger charge is 2.23. The fraction of sp³-hybridized carbons (Fsp3) is 0.429. The highest BCUT2D eigenvalue weighted by molar-refractivity contribution is 5.97. The molecule has 0 bridgehead atoms. The number of ether oxygens (including phenoxy) is 1. The number of halogens is 1. The van der Waals surface area contributed by atoms with Gasteiger partial charge in [-0.05, 0) is 32.9 Å². The Morgan fingerprint density at radius 1 is 1.40 bits per heavy atom. The number of carbonyl (C=O) groups is 2. The van der Waals surface area contributed by atoms with Gasteiger partial charge in [0, 0.05) is 6.04 Å². The van der Waals surface area contributed by atoms with Crippen LogP contribution < -0.4 is 10.1 Å². The van der Waals surface area contributed by atoms with E-state index < -0.39 is 29.7 Å². The highest BCUT2D eigenvalue weighted by Crippen LogP contribution is 2.23. The Hall–Kier alpha value is -2.11. The van der Waals surface area contributed by atoms with Crippen molar-refractivity contribution in [3.63, 3.8) is 0 Å². The van der Waals surface area contributed by atoms with Crippen molar-refractivity contribution in [3.05, 3.63) is 29.6 Å². The SMILES string of the molecule is CCOc1c(F)cccc1C(=O)NC(C)C(C)C(=O)O. The highest BCUT2D eigenvalue weighted by atomic mass is 19.1. The number of rotatable bonds is 6. The first-order valence-corrected chi connectivity index (χ1v) is 6.33. The molecule has 0 spiro atoms. The molecule has 1 aromatic carbocycles. The van der Waals surface area contributed by atoms with Crippen LogP contribution in [0.15, 0.2) is 18.2 Å². The molecule has 2 N–H and O–H groups in total. The minimum atomic E-state index is -1.01. The van der Waals surface area contributed by atoms with Crippen molar-refractivity contribution in [2.24, 2.45) is 5.92 Å². The maximum absolute atomic E-state index is 13.6. The average molecular weight is 283 g/mol. The van der Waals surface area contributed by atoms with Crippen molar-refractivity contribution in [2.45, 2.75) is 26.8 Å². The second-order valence-corrected chi connectivity index (χ2v) is 4.44. The average Bonchev–Trinajstić information content (AvgIpc) is 2.39. The molecular formula is C14H18FNO4. The summed E-state index contributed by atoms with van der Waals surface area (Å²) in [6.07, 6.45) is 0. The topological polar surface area (TPSA) is 75.6 Å². The van der Waals surface area contributed by atoms with Gasteiger partial charge in [-0.3, -0.25) is 9.59 Å². The zero-order valence-corrected chi connectivity index (χ0v) is 11.6. The van der Waals surface area contributed by atoms with Gasteiger partial charge in [0.1, 0.15) is 0 Å². The number of carbonyl (C=O) groups excluding carboxylic acids is 1. The summed E-state index contributed by atoms with van der Waals surface area (Å²) in [7, 11) is 0. The molecule has 0 aliphatic heterocycles. The number of hydrogen-bond acceptors (Lipinski definition) is 3. The van der Waals surface area contributed by atoms with E-state index in [1.807, 2.05) is 0 Å². The van der Waals surface area contributed by atoms with Crippen LogP contribution in [-0.2, 0) is 4.79 Å². The van der Waals surface area contributed by atoms with Crippen LogP contribution in [0.1, 0.15) is 31.1 Å². The van der Waals surface area contributed by atoms with Crippen LogP contribution in [0.25, 0.3) is 0 Å². The van der Waals surface area contributed by atoms with Crippen molar-refractivity contribution < 1.29 is 23.8 Å². The normalized spacial score (nSPS) is 13.4. The van der Waals surface area contributed by atoms with Gasteiger partial charge in [-0.15, -0.1) is 0 Å². The number of aliphatic carboxylic acids is 1. The minimum absolute atomic E-state index is 0.0521. The van der Waals surface area contributed by atoms with Gasteiger partial charge in [0.05, 0.1) is 18.1 Å². The zero-order chi connectivity index (χ0) is 15.3. The molecule has 2 atom stereocenters. The van der Waals surface area contributed by atoms with Gasteiger partial charge in [-0.1, -0.05) is 6.07 Å². The Labute approximate surface area is 116 Å². The second kappa shape index (κ2) is 6.88. The lowest BCUT2D eigenvalue weighted by Crippen LogP contribution is -2.40. The summed E-state index contributed by atoms with van der Waals surface area (Å²) in [5.74, 6) is -3.07. The van der Waals surface area contributed by atoms with Crippen LogP contribution in [0.4, 0.5) is 4.39 Å². The maximum atomic E-state index is 13.6. The maximum Gasteiger partial charge on any atom is 0.308 e. The summed E-state index contributed by atoms with van der Waals surface area (Å²) in [4.78, 5) is 22.9. The summed E-state index contributed by atoms with van der Waals surface area (Å²) in [5.41, 5.74) is 0.0521. The molecular weight excluding hydrogens is 265 g/mol. The van der Waals surface area contributed by atoms with Gasteiger partial charge in [0.2, 0.25) is 0 Å². The van der Waals surface area contributed by atoms with E-state index >= 15 is 0 Å². The fourth-order valence-electron chi connectivity index (χ4n) is 1.60. The number of nitrogens with one attached hydrogen (secondary N) is 1. The Morgan fingerprint density at radius 3 is 2.60 bits per heavy atom. The molecule has 1 rings (SSSR count). The third-order valence-corrected chi connectivity index (χ3v) is 3.00. The third kappa shape index (κ3) is 3.69. The molecule has 110 valence electrons. The summed E-state index contributed by atoms with van der Waals surface area (Å²) >= 11 is 0. The van der Waals surface area contributed by atoms with E-state index in [-0.39, 0.29) is 17.9 Å². The van der Waals surface area contributed by atoms with Crippen LogP contribution in [0.5, 0.6) is 5.75 Å². The molecule has 6 heteroatoms. The molecule has 0 heterocycles. The minimum Gasteiger partial charge on any atom is -0.490 e. The second-order valence-electron chi connectivity index (χ2n) is 4.44. The van der Waals surface area contributed by atoms with E-state index in [0.717, 1.165) is 0 Å². The van der Waals surface area contributed by atoms with Gasteiger partial charge in [-0.25, -0.2) is 4.39 Å². The lowest BCUT2D eigenvalue weighted by Gasteiger charge is -2.19. The van der Waals surface area contributed by atoms with E-state index in [1.165, 1.54) is 25.1 Å². The number of amides is 1. The van der Waals surface area contributed by atoms with E-state index in [9.17, 15) is 14.0 Å². The Bertz CT molecular complexity index is 504. The van der Waals surface area contributed by atoms with Gasteiger partial charge in [0.25, 0.3) is 5.91 Å². The van der Waals surface area contributed by atoms with Crippen LogP contribution in [0.2, 0.25) is 0 Å². The molecule has 0 aliphatic rings. The zero-order valence-electron chi connectivity index (χ0n) is 11.6. The molecule has 0 fully saturated rings. The molecule has 0 saturated heterocycles. The monoisotopic (exact) mass is 283 g/mol. The predicted molar refractivity (Wildman–Crippen MR) is 71.3 cm³/mol. The van der Waals surface area contributed by atoms with E-state index in [1.54, 1.807) is 13.8 Å².